The van der Waals surface area contributed by atoms with Crippen molar-refractivity contribution in [3.63, 3.8) is 0 Å². The summed E-state index contributed by atoms with van der Waals surface area (Å²) in [5.74, 6) is 0. The summed E-state index contributed by atoms with van der Waals surface area (Å²) in [6.45, 7) is 22.2. The molecule has 0 spiro atoms. The fourth-order valence-electron chi connectivity index (χ4n) is 5.52. The molecule has 5 aromatic rings. The summed E-state index contributed by atoms with van der Waals surface area (Å²) in [6, 6.07) is 38.7. The summed E-state index contributed by atoms with van der Waals surface area (Å²) < 4.78 is 1.46. The van der Waals surface area contributed by atoms with E-state index in [0.717, 1.165) is 6.42 Å². The topological polar surface area (TPSA) is 0 Å². The molecule has 0 bridgehead atoms. The van der Waals surface area contributed by atoms with Crippen LogP contribution in [0.3, 0.4) is 0 Å². The van der Waals surface area contributed by atoms with Crippen LogP contribution in [0, 0.1) is 26.8 Å². The number of aryl methyl sites for hydroxylation is 3. The van der Waals surface area contributed by atoms with Crippen molar-refractivity contribution >= 4 is 3.21 Å². The summed E-state index contributed by atoms with van der Waals surface area (Å²) in [5, 5.41) is 0. The molecule has 0 unspecified atom stereocenters. The van der Waals surface area contributed by atoms with Crippen LogP contribution < -0.4 is 24.8 Å². The zero-order valence-electron chi connectivity index (χ0n) is 29.2. The van der Waals surface area contributed by atoms with Gasteiger partial charge in [0.15, 0.2) is 0 Å². The largest absolute Gasteiger partial charge is 1.00 e. The molecule has 3 heteroatoms. The number of benzene rings is 4. The van der Waals surface area contributed by atoms with Crippen molar-refractivity contribution in [1.82, 2.24) is 0 Å². The molecular formula is C43H48Cl2Zr-2. The van der Waals surface area contributed by atoms with Crippen LogP contribution in [0.5, 0.6) is 0 Å². The van der Waals surface area contributed by atoms with E-state index in [2.05, 4.69) is 172 Å². The zero-order valence-corrected chi connectivity index (χ0v) is 33.2. The van der Waals surface area contributed by atoms with E-state index in [9.17, 15) is 0 Å². The van der Waals surface area contributed by atoms with E-state index in [1.165, 1.54) is 94.2 Å². The van der Waals surface area contributed by atoms with Crippen LogP contribution >= 0.6 is 0 Å². The van der Waals surface area contributed by atoms with E-state index in [1.807, 2.05) is 0 Å². The molecule has 0 atom stereocenters. The molecule has 0 N–H and O–H groups in total. The SMILES string of the molecule is CC(C)(C)c1c[c-]c2c(c1)-c1cc(C(C)(C)C)ccc1C2.C[C](=[Zr+2])c1ccc(C)cc1.Cc1cc(-c2ccccc2)c(C)[cH-]1.[Cl-].[Cl-]. The Morgan fingerprint density at radius 1 is 0.696 bits per heavy atom. The molecule has 0 nitrogen and oxygen atoms in total. The van der Waals surface area contributed by atoms with Gasteiger partial charge in [0.25, 0.3) is 0 Å². The minimum absolute atomic E-state index is 0. The van der Waals surface area contributed by atoms with Crippen molar-refractivity contribution in [2.75, 3.05) is 0 Å². The normalized spacial score (nSPS) is 11.4. The summed E-state index contributed by atoms with van der Waals surface area (Å²) >= 11 is 1.51. The molecule has 0 aliphatic heterocycles. The summed E-state index contributed by atoms with van der Waals surface area (Å²) in [4.78, 5) is 0. The fourth-order valence-corrected chi connectivity index (χ4v) is 5.93. The molecule has 0 saturated heterocycles. The monoisotopic (exact) mass is 724 g/mol. The van der Waals surface area contributed by atoms with Crippen molar-refractivity contribution in [2.45, 2.75) is 86.5 Å². The first kappa shape index (κ1) is 39.7. The Bertz CT molecular complexity index is 1670. The Morgan fingerprint density at radius 3 is 1.80 bits per heavy atom. The molecule has 0 radical (unpaired) electrons. The molecule has 1 aliphatic rings. The first-order chi connectivity index (χ1) is 20.6. The van der Waals surface area contributed by atoms with Crippen LogP contribution in [0.1, 0.15) is 93.0 Å². The molecule has 0 saturated carbocycles. The van der Waals surface area contributed by atoms with Crippen LogP contribution in [-0.4, -0.2) is 3.21 Å². The summed E-state index contributed by atoms with van der Waals surface area (Å²) in [7, 11) is 0. The molecule has 0 fully saturated rings. The second-order valence-corrected chi connectivity index (χ2v) is 16.2. The standard InChI is InChI=1S/C21H25.C13H13.C9H10.2ClH.Zr/c1-20(2,3)16-9-7-14-11-15-8-10-17(21(4,5)6)13-19(15)18(14)12-16;1-10-8-11(2)13(9-10)12-6-4-3-5-7-12;1-3-9-6-4-8(2)5-7-9;;;/h7,9-10,12-13H,11H2,1-6H3;3-9H,1-2H3;4-7H,1-2H3;2*1H;/q2*-1;;;;+2/p-2. The third-order valence-corrected chi connectivity index (χ3v) is 9.05. The Hall–Kier alpha value is -2.44. The third kappa shape index (κ3) is 10.3. The molecule has 1 aliphatic carbocycles. The Labute approximate surface area is 306 Å². The van der Waals surface area contributed by atoms with Crippen LogP contribution in [0.15, 0.2) is 97.1 Å². The van der Waals surface area contributed by atoms with Gasteiger partial charge in [-0.1, -0.05) is 126 Å². The maximum Gasteiger partial charge on any atom is -0.0623 e. The van der Waals surface area contributed by atoms with Gasteiger partial charge >= 0.3 is 76.7 Å². The molecule has 0 aromatic heterocycles. The number of fused-ring (bicyclic) bond motifs is 3. The van der Waals surface area contributed by atoms with Gasteiger partial charge in [-0.2, -0.15) is 52.1 Å². The fraction of sp³-hybridized carbons (Fsp3) is 0.302. The molecule has 0 heterocycles. The van der Waals surface area contributed by atoms with Crippen LogP contribution in [0.2, 0.25) is 0 Å². The molecule has 5 aromatic carbocycles. The van der Waals surface area contributed by atoms with Gasteiger partial charge in [-0.05, 0) is 17.4 Å². The molecule has 6 rings (SSSR count). The van der Waals surface area contributed by atoms with E-state index in [4.69, 9.17) is 0 Å². The van der Waals surface area contributed by atoms with Gasteiger partial charge in [-0.15, -0.1) is 5.56 Å². The van der Waals surface area contributed by atoms with Gasteiger partial charge in [-0.25, -0.2) is 6.07 Å². The van der Waals surface area contributed by atoms with Gasteiger partial charge in [0, 0.05) is 0 Å². The Balaban J connectivity index is 0.000000254. The van der Waals surface area contributed by atoms with E-state index in [0.29, 0.717) is 0 Å². The smallest absolute Gasteiger partial charge is 0.0623 e. The molecule has 240 valence electrons. The van der Waals surface area contributed by atoms with Gasteiger partial charge in [0.05, 0.1) is 0 Å². The van der Waals surface area contributed by atoms with Crippen molar-refractivity contribution in [1.29, 1.82) is 0 Å². The second-order valence-electron chi connectivity index (χ2n) is 14.3. The first-order valence-corrected chi connectivity index (χ1v) is 17.0. The van der Waals surface area contributed by atoms with E-state index >= 15 is 0 Å². The predicted molar refractivity (Wildman–Crippen MR) is 189 cm³/mol. The average molecular weight is 727 g/mol. The van der Waals surface area contributed by atoms with Crippen LogP contribution in [-0.2, 0) is 41.5 Å². The number of halogens is 2. The van der Waals surface area contributed by atoms with Crippen molar-refractivity contribution in [3.8, 4) is 22.3 Å². The first-order valence-electron chi connectivity index (χ1n) is 15.7. The molecule has 46 heavy (non-hydrogen) atoms. The van der Waals surface area contributed by atoms with Gasteiger partial charge in [-0.3, -0.25) is 0 Å². The maximum absolute atomic E-state index is 3.53. The van der Waals surface area contributed by atoms with Crippen LogP contribution in [0.25, 0.3) is 22.3 Å². The Kier molecular flexibility index (Phi) is 14.3. The number of rotatable bonds is 2. The minimum Gasteiger partial charge on any atom is -1.00 e. The van der Waals surface area contributed by atoms with Gasteiger partial charge in [0.2, 0.25) is 0 Å². The molecule has 0 amide bonds. The predicted octanol–water partition coefficient (Wildman–Crippen LogP) is 5.43. The zero-order chi connectivity index (χ0) is 32.2. The summed E-state index contributed by atoms with van der Waals surface area (Å²) in [6.07, 6.45) is 1.03. The maximum atomic E-state index is 3.53. The second kappa shape index (κ2) is 16.6. The van der Waals surface area contributed by atoms with E-state index < -0.39 is 0 Å². The average Bonchev–Trinajstić information content (AvgIpc) is 3.51. The minimum atomic E-state index is 0. The quantitative estimate of drug-likeness (QED) is 0.209. The Morgan fingerprint density at radius 2 is 1.28 bits per heavy atom. The van der Waals surface area contributed by atoms with Crippen molar-refractivity contribution < 1.29 is 49.0 Å². The van der Waals surface area contributed by atoms with Crippen molar-refractivity contribution in [3.05, 3.63) is 148 Å². The number of hydrogen-bond acceptors (Lipinski definition) is 0. The van der Waals surface area contributed by atoms with E-state index in [1.54, 1.807) is 0 Å². The van der Waals surface area contributed by atoms with E-state index in [-0.39, 0.29) is 35.6 Å². The number of hydrogen-bond donors (Lipinski definition) is 0. The molecular weight excluding hydrogens is 679 g/mol. The van der Waals surface area contributed by atoms with Gasteiger partial charge < -0.3 is 24.8 Å². The van der Waals surface area contributed by atoms with Crippen molar-refractivity contribution in [2.24, 2.45) is 0 Å². The third-order valence-electron chi connectivity index (χ3n) is 8.34. The van der Waals surface area contributed by atoms with Gasteiger partial charge in [0.1, 0.15) is 0 Å². The summed E-state index contributed by atoms with van der Waals surface area (Å²) in [5.41, 5.74) is 16.9. The van der Waals surface area contributed by atoms with Crippen LogP contribution in [0.4, 0.5) is 0 Å².